The molecule has 1 rings (SSSR count). The second-order valence-electron chi connectivity index (χ2n) is 4.30. The van der Waals surface area contributed by atoms with Gasteiger partial charge < -0.3 is 10.5 Å². The molecule has 18 heavy (non-hydrogen) atoms. The number of methoxy groups -OCH3 is 1. The minimum atomic E-state index is -3.47. The lowest BCUT2D eigenvalue weighted by Crippen LogP contribution is -2.29. The molecule has 0 spiro atoms. The van der Waals surface area contributed by atoms with E-state index in [-0.39, 0.29) is 10.9 Å². The number of nitrogens with two attached hydrogens (primary N) is 1. The molecule has 102 valence electrons. The summed E-state index contributed by atoms with van der Waals surface area (Å²) in [4.78, 5) is 0.271. The molecule has 0 aliphatic carbocycles. The highest BCUT2D eigenvalue weighted by molar-refractivity contribution is 7.89. The number of aryl methyl sites for hydroxylation is 1. The van der Waals surface area contributed by atoms with Gasteiger partial charge in [-0.1, -0.05) is 0 Å². The molecule has 1 unspecified atom stereocenters. The minimum absolute atomic E-state index is 0.0235. The fourth-order valence-electron chi connectivity index (χ4n) is 1.55. The Morgan fingerprint density at radius 3 is 2.61 bits per heavy atom. The van der Waals surface area contributed by atoms with Crippen molar-refractivity contribution in [2.24, 2.45) is 5.73 Å². The van der Waals surface area contributed by atoms with Gasteiger partial charge in [0.25, 0.3) is 0 Å². The highest BCUT2D eigenvalue weighted by Crippen LogP contribution is 2.20. The number of benzene rings is 1. The van der Waals surface area contributed by atoms with Gasteiger partial charge in [0.05, 0.1) is 12.0 Å². The predicted octanol–water partition coefficient (Wildman–Crippen LogP) is 1.02. The monoisotopic (exact) mass is 272 g/mol. The van der Waals surface area contributed by atoms with Crippen LogP contribution in [0.25, 0.3) is 0 Å². The Hall–Kier alpha value is -1.11. The van der Waals surface area contributed by atoms with Gasteiger partial charge in [-0.05, 0) is 44.0 Å². The summed E-state index contributed by atoms with van der Waals surface area (Å²) in [6.45, 7) is 3.92. The van der Waals surface area contributed by atoms with Crippen molar-refractivity contribution in [3.8, 4) is 5.75 Å². The van der Waals surface area contributed by atoms with Crippen molar-refractivity contribution in [2.75, 3.05) is 13.7 Å². The van der Waals surface area contributed by atoms with Gasteiger partial charge in [-0.2, -0.15) is 0 Å². The summed E-state index contributed by atoms with van der Waals surface area (Å²) < 4.78 is 31.7. The summed E-state index contributed by atoms with van der Waals surface area (Å²) in [6, 6.07) is 4.85. The first kappa shape index (κ1) is 14.9. The second kappa shape index (κ2) is 6.17. The van der Waals surface area contributed by atoms with Crippen molar-refractivity contribution < 1.29 is 13.2 Å². The fourth-order valence-corrected chi connectivity index (χ4v) is 2.82. The summed E-state index contributed by atoms with van der Waals surface area (Å²) in [5, 5.41) is 0. The molecular weight excluding hydrogens is 252 g/mol. The van der Waals surface area contributed by atoms with Crippen LogP contribution in [0.2, 0.25) is 0 Å². The molecule has 3 N–H and O–H groups in total. The first-order chi connectivity index (χ1) is 8.36. The number of sulfonamides is 1. The van der Waals surface area contributed by atoms with Crippen LogP contribution >= 0.6 is 0 Å². The van der Waals surface area contributed by atoms with E-state index in [2.05, 4.69) is 4.72 Å². The Labute approximate surface area is 108 Å². The van der Waals surface area contributed by atoms with Crippen LogP contribution in [0.1, 0.15) is 18.9 Å². The molecule has 0 aromatic heterocycles. The van der Waals surface area contributed by atoms with E-state index in [1.807, 2.05) is 6.92 Å². The lowest BCUT2D eigenvalue weighted by Gasteiger charge is -2.11. The molecule has 0 aliphatic rings. The SMILES string of the molecule is COc1ccc(S(=O)(=O)NCCC(C)N)c(C)c1. The summed E-state index contributed by atoms with van der Waals surface area (Å²) in [5.41, 5.74) is 6.23. The van der Waals surface area contributed by atoms with E-state index >= 15 is 0 Å². The van der Waals surface area contributed by atoms with Gasteiger partial charge in [0, 0.05) is 12.6 Å². The average molecular weight is 272 g/mol. The third-order valence-corrected chi connectivity index (χ3v) is 4.18. The molecule has 0 fully saturated rings. The molecule has 0 saturated heterocycles. The van der Waals surface area contributed by atoms with Crippen molar-refractivity contribution in [3.63, 3.8) is 0 Å². The molecule has 0 radical (unpaired) electrons. The number of ether oxygens (including phenoxy) is 1. The quantitative estimate of drug-likeness (QED) is 0.810. The highest BCUT2D eigenvalue weighted by Gasteiger charge is 2.16. The molecule has 0 bridgehead atoms. The van der Waals surface area contributed by atoms with E-state index in [9.17, 15) is 8.42 Å². The van der Waals surface area contributed by atoms with Crippen molar-refractivity contribution in [1.29, 1.82) is 0 Å². The van der Waals surface area contributed by atoms with Gasteiger partial charge in [-0.3, -0.25) is 0 Å². The van der Waals surface area contributed by atoms with Crippen LogP contribution in [0, 0.1) is 6.92 Å². The topological polar surface area (TPSA) is 81.4 Å². The number of hydrogen-bond donors (Lipinski definition) is 2. The molecule has 6 heteroatoms. The largest absolute Gasteiger partial charge is 0.497 e. The van der Waals surface area contributed by atoms with E-state index in [0.29, 0.717) is 24.3 Å². The summed E-state index contributed by atoms with van der Waals surface area (Å²) >= 11 is 0. The van der Waals surface area contributed by atoms with Gasteiger partial charge in [0.1, 0.15) is 5.75 Å². The molecule has 1 aromatic carbocycles. The third kappa shape index (κ3) is 3.97. The molecule has 1 atom stereocenters. The van der Waals surface area contributed by atoms with Crippen molar-refractivity contribution >= 4 is 10.0 Å². The summed E-state index contributed by atoms with van der Waals surface area (Å²) in [7, 11) is -1.93. The Kier molecular flexibility index (Phi) is 5.13. The van der Waals surface area contributed by atoms with Crippen LogP contribution in [0.3, 0.4) is 0 Å². The van der Waals surface area contributed by atoms with Crippen molar-refractivity contribution in [3.05, 3.63) is 23.8 Å². The predicted molar refractivity (Wildman–Crippen MR) is 71.2 cm³/mol. The number of nitrogens with one attached hydrogen (secondary N) is 1. The van der Waals surface area contributed by atoms with Crippen LogP contribution < -0.4 is 15.2 Å². The van der Waals surface area contributed by atoms with Gasteiger partial charge in [0.15, 0.2) is 0 Å². The molecule has 0 aliphatic heterocycles. The molecule has 0 amide bonds. The van der Waals surface area contributed by atoms with Crippen LogP contribution in [0.4, 0.5) is 0 Å². The molecule has 0 heterocycles. The summed E-state index contributed by atoms with van der Waals surface area (Å²) in [6.07, 6.45) is 0.606. The standard InChI is InChI=1S/C12H20N2O3S/c1-9-8-11(17-3)4-5-12(9)18(15,16)14-7-6-10(2)13/h4-5,8,10,14H,6-7,13H2,1-3H3. The first-order valence-corrected chi connectivity index (χ1v) is 7.25. The van der Waals surface area contributed by atoms with Crippen LogP contribution in [0.5, 0.6) is 5.75 Å². The normalized spacial score (nSPS) is 13.3. The lowest BCUT2D eigenvalue weighted by atomic mass is 10.2. The minimum Gasteiger partial charge on any atom is -0.497 e. The molecular formula is C12H20N2O3S. The Bertz CT molecular complexity index is 498. The van der Waals surface area contributed by atoms with Gasteiger partial charge in [0.2, 0.25) is 10.0 Å². The number of rotatable bonds is 6. The van der Waals surface area contributed by atoms with E-state index in [1.54, 1.807) is 32.2 Å². The lowest BCUT2D eigenvalue weighted by molar-refractivity contribution is 0.414. The van der Waals surface area contributed by atoms with E-state index in [1.165, 1.54) is 0 Å². The Balaban J connectivity index is 2.85. The zero-order valence-corrected chi connectivity index (χ0v) is 11.8. The Morgan fingerprint density at radius 2 is 2.11 bits per heavy atom. The highest BCUT2D eigenvalue weighted by atomic mass is 32.2. The average Bonchev–Trinajstić information content (AvgIpc) is 2.27. The molecule has 5 nitrogen and oxygen atoms in total. The molecule has 1 aromatic rings. The maximum Gasteiger partial charge on any atom is 0.240 e. The third-order valence-electron chi connectivity index (χ3n) is 2.56. The maximum atomic E-state index is 12.0. The smallest absolute Gasteiger partial charge is 0.240 e. The summed E-state index contributed by atoms with van der Waals surface area (Å²) in [5.74, 6) is 0.641. The van der Waals surface area contributed by atoms with Crippen LogP contribution in [-0.2, 0) is 10.0 Å². The zero-order chi connectivity index (χ0) is 13.8. The first-order valence-electron chi connectivity index (χ1n) is 5.76. The van der Waals surface area contributed by atoms with E-state index in [4.69, 9.17) is 10.5 Å². The maximum absolute atomic E-state index is 12.0. The van der Waals surface area contributed by atoms with E-state index < -0.39 is 10.0 Å². The molecule has 0 saturated carbocycles. The second-order valence-corrected chi connectivity index (χ2v) is 6.03. The van der Waals surface area contributed by atoms with Crippen molar-refractivity contribution in [1.82, 2.24) is 4.72 Å². The van der Waals surface area contributed by atoms with Crippen molar-refractivity contribution in [2.45, 2.75) is 31.2 Å². The van der Waals surface area contributed by atoms with Gasteiger partial charge >= 0.3 is 0 Å². The van der Waals surface area contributed by atoms with Crippen LogP contribution in [-0.4, -0.2) is 28.1 Å². The zero-order valence-electron chi connectivity index (χ0n) is 10.9. The Morgan fingerprint density at radius 1 is 1.44 bits per heavy atom. The van der Waals surface area contributed by atoms with E-state index in [0.717, 1.165) is 0 Å². The van der Waals surface area contributed by atoms with Crippen LogP contribution in [0.15, 0.2) is 23.1 Å². The van der Waals surface area contributed by atoms with Gasteiger partial charge in [-0.15, -0.1) is 0 Å². The number of hydrogen-bond acceptors (Lipinski definition) is 4. The fraction of sp³-hybridized carbons (Fsp3) is 0.500. The van der Waals surface area contributed by atoms with Gasteiger partial charge in [-0.25, -0.2) is 13.1 Å².